The van der Waals surface area contributed by atoms with Gasteiger partial charge in [-0.05, 0) is 30.3 Å². The minimum Gasteiger partial charge on any atom is -0.490 e. The van der Waals surface area contributed by atoms with Crippen molar-refractivity contribution in [3.8, 4) is 11.5 Å². The van der Waals surface area contributed by atoms with Crippen LogP contribution in [0.15, 0.2) is 36.4 Å². The molecule has 0 radical (unpaired) electrons. The number of hydrogen-bond donors (Lipinski definition) is 2. The largest absolute Gasteiger partial charge is 0.573 e. The van der Waals surface area contributed by atoms with Crippen LogP contribution in [0.1, 0.15) is 0 Å². The van der Waals surface area contributed by atoms with E-state index in [0.29, 0.717) is 18.2 Å². The van der Waals surface area contributed by atoms with Crippen LogP contribution in [0.3, 0.4) is 0 Å². The molecule has 0 saturated carbocycles. The number of nitrogens with zero attached hydrogens (tertiary/aromatic N) is 2. The van der Waals surface area contributed by atoms with E-state index in [9.17, 15) is 13.2 Å². The first kappa shape index (κ1) is 19.0. The van der Waals surface area contributed by atoms with Crippen molar-refractivity contribution in [1.29, 1.82) is 0 Å². The van der Waals surface area contributed by atoms with E-state index in [1.807, 2.05) is 23.7 Å². The Bertz CT molecular complexity index is 959. The van der Waals surface area contributed by atoms with Gasteiger partial charge in [0.1, 0.15) is 18.1 Å². The molecular weight excluding hydrogens is 385 g/mol. The molecule has 0 spiro atoms. The van der Waals surface area contributed by atoms with Gasteiger partial charge in [-0.2, -0.15) is 0 Å². The second-order valence-electron chi connectivity index (χ2n) is 5.66. The minimum atomic E-state index is -4.77. The van der Waals surface area contributed by atoms with Crippen LogP contribution >= 0.6 is 11.6 Å². The first-order valence-corrected chi connectivity index (χ1v) is 8.24. The molecule has 10 heteroatoms. The number of aryl methyl sites for hydroxylation is 1. The molecule has 0 aliphatic rings. The number of halogens is 4. The molecule has 0 saturated heterocycles. The van der Waals surface area contributed by atoms with Crippen LogP contribution in [0.4, 0.5) is 24.8 Å². The smallest absolute Gasteiger partial charge is 0.490 e. The molecule has 0 atom stereocenters. The molecule has 0 fully saturated rings. The third-order valence-corrected chi connectivity index (χ3v) is 3.98. The number of nitrogen functional groups attached to an aromatic ring is 1. The Hall–Kier alpha value is -2.81. The van der Waals surface area contributed by atoms with Crippen molar-refractivity contribution < 1.29 is 22.6 Å². The molecule has 0 aliphatic carbocycles. The summed E-state index contributed by atoms with van der Waals surface area (Å²) in [6.45, 7) is 0.633. The van der Waals surface area contributed by atoms with E-state index in [2.05, 4.69) is 15.0 Å². The predicted octanol–water partition coefficient (Wildman–Crippen LogP) is 4.20. The summed E-state index contributed by atoms with van der Waals surface area (Å²) in [5, 5.41) is 3.15. The second kappa shape index (κ2) is 7.43. The monoisotopic (exact) mass is 400 g/mol. The van der Waals surface area contributed by atoms with Gasteiger partial charge >= 0.3 is 6.36 Å². The number of rotatable bonds is 6. The average molecular weight is 401 g/mol. The van der Waals surface area contributed by atoms with E-state index < -0.39 is 12.1 Å². The maximum Gasteiger partial charge on any atom is 0.573 e. The first-order chi connectivity index (χ1) is 12.7. The minimum absolute atomic E-state index is 0.0231. The van der Waals surface area contributed by atoms with E-state index in [4.69, 9.17) is 22.1 Å². The second-order valence-corrected chi connectivity index (χ2v) is 6.07. The average Bonchev–Trinajstić information content (AvgIpc) is 2.88. The molecule has 3 N–H and O–H groups in total. The summed E-state index contributed by atoms with van der Waals surface area (Å²) < 4.78 is 47.7. The number of fused-ring (bicyclic) bond motifs is 1. The lowest BCUT2D eigenvalue weighted by Gasteiger charge is -2.12. The van der Waals surface area contributed by atoms with Crippen molar-refractivity contribution in [2.24, 2.45) is 7.05 Å². The molecule has 1 heterocycles. The van der Waals surface area contributed by atoms with Crippen LogP contribution in [0.25, 0.3) is 11.0 Å². The molecule has 0 unspecified atom stereocenters. The number of nitrogens with one attached hydrogen (secondary N) is 1. The van der Waals surface area contributed by atoms with Crippen LogP contribution in [0.2, 0.25) is 5.02 Å². The number of nitrogens with two attached hydrogens (primary N) is 1. The van der Waals surface area contributed by atoms with Gasteiger partial charge < -0.3 is 25.1 Å². The van der Waals surface area contributed by atoms with Gasteiger partial charge in [-0.15, -0.1) is 13.2 Å². The van der Waals surface area contributed by atoms with Crippen molar-refractivity contribution in [2.75, 3.05) is 24.2 Å². The highest BCUT2D eigenvalue weighted by Gasteiger charge is 2.31. The lowest BCUT2D eigenvalue weighted by molar-refractivity contribution is -0.274. The lowest BCUT2D eigenvalue weighted by atomic mass is 10.3. The fraction of sp³-hybridized carbons (Fsp3) is 0.235. The number of anilines is 2. The molecule has 27 heavy (non-hydrogen) atoms. The summed E-state index contributed by atoms with van der Waals surface area (Å²) in [7, 11) is 1.86. The van der Waals surface area contributed by atoms with Crippen LogP contribution in [0.5, 0.6) is 11.5 Å². The third kappa shape index (κ3) is 4.68. The van der Waals surface area contributed by atoms with Crippen LogP contribution in [-0.4, -0.2) is 29.1 Å². The highest BCUT2D eigenvalue weighted by Crippen LogP contribution is 2.31. The van der Waals surface area contributed by atoms with Gasteiger partial charge in [-0.25, -0.2) is 4.98 Å². The number of imidazole rings is 1. The standard InChI is InChI=1S/C17H16ClF3N4O2/c1-25-14-8-10(22)2-4-13(14)24-16(25)23-6-7-26-15-5-3-11(9-12(15)18)27-17(19,20)21/h2-5,8-9H,6-7,22H2,1H3,(H,23,24). The zero-order valence-electron chi connectivity index (χ0n) is 14.2. The fourth-order valence-electron chi connectivity index (χ4n) is 2.48. The SMILES string of the molecule is Cn1c(NCCOc2ccc(OC(F)(F)F)cc2Cl)nc2ccc(N)cc21. The van der Waals surface area contributed by atoms with Crippen molar-refractivity contribution >= 4 is 34.3 Å². The van der Waals surface area contributed by atoms with Crippen molar-refractivity contribution in [2.45, 2.75) is 6.36 Å². The summed E-state index contributed by atoms with van der Waals surface area (Å²) >= 11 is 5.93. The van der Waals surface area contributed by atoms with Gasteiger partial charge in [0.15, 0.2) is 0 Å². The molecule has 0 bridgehead atoms. The van der Waals surface area contributed by atoms with E-state index in [-0.39, 0.29) is 17.4 Å². The Morgan fingerprint density at radius 2 is 2.00 bits per heavy atom. The van der Waals surface area contributed by atoms with E-state index in [1.54, 1.807) is 6.07 Å². The number of alkyl halides is 3. The number of aromatic nitrogens is 2. The van der Waals surface area contributed by atoms with Crippen molar-refractivity contribution in [1.82, 2.24) is 9.55 Å². The molecule has 3 aromatic rings. The molecule has 144 valence electrons. The van der Waals surface area contributed by atoms with E-state index in [0.717, 1.165) is 23.2 Å². The molecule has 2 aromatic carbocycles. The number of hydrogen-bond acceptors (Lipinski definition) is 5. The Kier molecular flexibility index (Phi) is 5.22. The quantitative estimate of drug-likeness (QED) is 0.479. The zero-order chi connectivity index (χ0) is 19.6. The van der Waals surface area contributed by atoms with Gasteiger partial charge in [-0.1, -0.05) is 11.6 Å². The Balaban J connectivity index is 1.57. The van der Waals surface area contributed by atoms with Gasteiger partial charge in [0, 0.05) is 18.8 Å². The number of ether oxygens (including phenoxy) is 2. The Morgan fingerprint density at radius 1 is 1.22 bits per heavy atom. The summed E-state index contributed by atoms with van der Waals surface area (Å²) in [5.74, 6) is 0.488. The summed E-state index contributed by atoms with van der Waals surface area (Å²) in [5.41, 5.74) is 8.12. The Labute approximate surface area is 157 Å². The van der Waals surface area contributed by atoms with Crippen LogP contribution in [-0.2, 0) is 7.05 Å². The van der Waals surface area contributed by atoms with Crippen LogP contribution in [0, 0.1) is 0 Å². The lowest BCUT2D eigenvalue weighted by Crippen LogP contribution is -2.17. The Morgan fingerprint density at radius 3 is 2.70 bits per heavy atom. The summed E-state index contributed by atoms with van der Waals surface area (Å²) in [6.07, 6.45) is -4.77. The maximum atomic E-state index is 12.2. The molecule has 0 aliphatic heterocycles. The van der Waals surface area contributed by atoms with Gasteiger partial charge in [-0.3, -0.25) is 0 Å². The maximum absolute atomic E-state index is 12.2. The topological polar surface area (TPSA) is 74.3 Å². The first-order valence-electron chi connectivity index (χ1n) is 7.87. The third-order valence-electron chi connectivity index (χ3n) is 3.68. The molecule has 0 amide bonds. The molecule has 1 aromatic heterocycles. The molecule has 3 rings (SSSR count). The van der Waals surface area contributed by atoms with Gasteiger partial charge in [0.25, 0.3) is 0 Å². The molecule has 6 nitrogen and oxygen atoms in total. The number of benzene rings is 2. The summed E-state index contributed by atoms with van der Waals surface area (Å²) in [6, 6.07) is 8.94. The predicted molar refractivity (Wildman–Crippen MR) is 97.2 cm³/mol. The molecular formula is C17H16ClF3N4O2. The zero-order valence-corrected chi connectivity index (χ0v) is 14.9. The van der Waals surface area contributed by atoms with E-state index in [1.165, 1.54) is 6.07 Å². The van der Waals surface area contributed by atoms with E-state index >= 15 is 0 Å². The van der Waals surface area contributed by atoms with Crippen molar-refractivity contribution in [3.63, 3.8) is 0 Å². The highest BCUT2D eigenvalue weighted by molar-refractivity contribution is 6.32. The highest BCUT2D eigenvalue weighted by atomic mass is 35.5. The summed E-state index contributed by atoms with van der Waals surface area (Å²) in [4.78, 5) is 4.45. The fourth-order valence-corrected chi connectivity index (χ4v) is 2.71. The van der Waals surface area contributed by atoms with Crippen LogP contribution < -0.4 is 20.5 Å². The van der Waals surface area contributed by atoms with Gasteiger partial charge in [0.2, 0.25) is 5.95 Å². The normalized spacial score (nSPS) is 11.6. The van der Waals surface area contributed by atoms with Crippen molar-refractivity contribution in [3.05, 3.63) is 41.4 Å². The van der Waals surface area contributed by atoms with Gasteiger partial charge in [0.05, 0.1) is 22.6 Å².